The quantitative estimate of drug-likeness (QED) is 0.513. The molecule has 0 fully saturated rings. The van der Waals surface area contributed by atoms with E-state index in [1.807, 2.05) is 13.0 Å². The zero-order valence-corrected chi connectivity index (χ0v) is 13.8. The highest BCUT2D eigenvalue weighted by molar-refractivity contribution is 5.71. The summed E-state index contributed by atoms with van der Waals surface area (Å²) in [7, 11) is 0. The molecule has 3 rings (SSSR count). The van der Waals surface area contributed by atoms with E-state index in [1.54, 1.807) is 24.5 Å². The maximum Gasteiger partial charge on any atom is 0.295 e. The largest absolute Gasteiger partial charge is 0.354 e. The molecule has 1 aromatic carbocycles. The molecule has 3 aromatic rings. The minimum atomic E-state index is -0.686. The lowest BCUT2D eigenvalue weighted by Gasteiger charge is -2.11. The van der Waals surface area contributed by atoms with Gasteiger partial charge in [0.2, 0.25) is 5.95 Å². The van der Waals surface area contributed by atoms with Gasteiger partial charge in [-0.2, -0.15) is 4.98 Å². The third-order valence-electron chi connectivity index (χ3n) is 3.44. The molecule has 0 aliphatic carbocycles. The molecule has 0 saturated heterocycles. The molecule has 2 aromatic heterocycles. The van der Waals surface area contributed by atoms with Crippen molar-refractivity contribution in [2.45, 2.75) is 6.92 Å². The third kappa shape index (κ3) is 3.89. The third-order valence-corrected chi connectivity index (χ3v) is 3.44. The maximum absolute atomic E-state index is 13.3. The minimum Gasteiger partial charge on any atom is -0.354 e. The fourth-order valence-electron chi connectivity index (χ4n) is 2.31. The Morgan fingerprint density at radius 3 is 2.77 bits per heavy atom. The first kappa shape index (κ1) is 17.2. The Hall–Kier alpha value is -3.62. The van der Waals surface area contributed by atoms with Crippen molar-refractivity contribution in [2.24, 2.45) is 0 Å². The summed E-state index contributed by atoms with van der Waals surface area (Å²) in [5, 5.41) is 17.1. The smallest absolute Gasteiger partial charge is 0.295 e. The zero-order valence-electron chi connectivity index (χ0n) is 13.8. The van der Waals surface area contributed by atoms with Crippen LogP contribution in [0.4, 0.5) is 27.5 Å². The number of benzene rings is 1. The first-order valence-corrected chi connectivity index (χ1v) is 7.81. The number of nitro benzene ring substituents is 1. The lowest BCUT2D eigenvalue weighted by atomic mass is 10.2. The molecule has 0 aliphatic rings. The summed E-state index contributed by atoms with van der Waals surface area (Å²) in [6, 6.07) is 8.56. The topological polar surface area (TPSA) is 106 Å². The predicted octanol–water partition coefficient (Wildman–Crippen LogP) is 3.76. The highest BCUT2D eigenvalue weighted by Gasteiger charge is 2.16. The molecule has 9 heteroatoms. The van der Waals surface area contributed by atoms with Gasteiger partial charge in [-0.3, -0.25) is 15.1 Å². The molecule has 0 radical (unpaired) electrons. The summed E-state index contributed by atoms with van der Waals surface area (Å²) in [5.74, 6) is 0.0138. The van der Waals surface area contributed by atoms with Crippen LogP contribution in [0.25, 0.3) is 11.3 Å². The van der Waals surface area contributed by atoms with E-state index in [0.29, 0.717) is 24.0 Å². The van der Waals surface area contributed by atoms with Gasteiger partial charge in [0.15, 0.2) is 0 Å². The minimum absolute atomic E-state index is 0.134. The summed E-state index contributed by atoms with van der Waals surface area (Å²) in [6.45, 7) is 2.50. The monoisotopic (exact) mass is 354 g/mol. The van der Waals surface area contributed by atoms with E-state index in [0.717, 1.165) is 17.7 Å². The van der Waals surface area contributed by atoms with Crippen LogP contribution in [0.5, 0.6) is 0 Å². The van der Waals surface area contributed by atoms with Gasteiger partial charge in [-0.25, -0.2) is 9.37 Å². The molecule has 26 heavy (non-hydrogen) atoms. The molecule has 2 heterocycles. The van der Waals surface area contributed by atoms with E-state index in [2.05, 4.69) is 25.6 Å². The Morgan fingerprint density at radius 2 is 2.08 bits per heavy atom. The number of nitrogens with one attached hydrogen (secondary N) is 2. The first-order valence-electron chi connectivity index (χ1n) is 7.81. The Bertz CT molecular complexity index is 936. The van der Waals surface area contributed by atoms with Gasteiger partial charge in [-0.15, -0.1) is 0 Å². The van der Waals surface area contributed by atoms with Crippen LogP contribution in [0.1, 0.15) is 6.92 Å². The molecule has 2 N–H and O–H groups in total. The van der Waals surface area contributed by atoms with Crippen molar-refractivity contribution >= 4 is 23.1 Å². The molecule has 0 aliphatic heterocycles. The van der Waals surface area contributed by atoms with Crippen molar-refractivity contribution in [3.8, 4) is 11.3 Å². The van der Waals surface area contributed by atoms with Crippen molar-refractivity contribution in [2.75, 3.05) is 17.2 Å². The second kappa shape index (κ2) is 7.51. The first-order chi connectivity index (χ1) is 12.6. The van der Waals surface area contributed by atoms with Gasteiger partial charge in [0.1, 0.15) is 17.3 Å². The summed E-state index contributed by atoms with van der Waals surface area (Å²) < 4.78 is 13.3. The maximum atomic E-state index is 13.3. The van der Waals surface area contributed by atoms with Crippen molar-refractivity contribution in [1.29, 1.82) is 0 Å². The number of hydrogen-bond donors (Lipinski definition) is 2. The van der Waals surface area contributed by atoms with E-state index >= 15 is 0 Å². The van der Waals surface area contributed by atoms with Crippen LogP contribution in [0.15, 0.2) is 48.8 Å². The van der Waals surface area contributed by atoms with Gasteiger partial charge < -0.3 is 10.6 Å². The fourth-order valence-corrected chi connectivity index (χ4v) is 2.31. The van der Waals surface area contributed by atoms with Gasteiger partial charge in [-0.1, -0.05) is 0 Å². The van der Waals surface area contributed by atoms with Crippen LogP contribution in [-0.4, -0.2) is 26.4 Å². The van der Waals surface area contributed by atoms with Crippen LogP contribution >= 0.6 is 0 Å². The van der Waals surface area contributed by atoms with Crippen LogP contribution in [-0.2, 0) is 0 Å². The summed E-state index contributed by atoms with van der Waals surface area (Å²) in [6.07, 6.45) is 3.30. The molecule has 0 amide bonds. The predicted molar refractivity (Wildman–Crippen MR) is 95.8 cm³/mol. The Labute approximate surface area is 148 Å². The van der Waals surface area contributed by atoms with Crippen molar-refractivity contribution in [3.05, 3.63) is 64.7 Å². The lowest BCUT2D eigenvalue weighted by molar-refractivity contribution is -0.384. The van der Waals surface area contributed by atoms with Gasteiger partial charge >= 0.3 is 0 Å². The summed E-state index contributed by atoms with van der Waals surface area (Å²) in [4.78, 5) is 23.3. The molecule has 0 atom stereocenters. The summed E-state index contributed by atoms with van der Waals surface area (Å²) in [5.41, 5.74) is 1.12. The second-order valence-electron chi connectivity index (χ2n) is 5.28. The highest BCUT2D eigenvalue weighted by atomic mass is 19.1. The van der Waals surface area contributed by atoms with Crippen LogP contribution < -0.4 is 10.6 Å². The van der Waals surface area contributed by atoms with E-state index < -0.39 is 10.7 Å². The molecule has 0 unspecified atom stereocenters. The van der Waals surface area contributed by atoms with Gasteiger partial charge in [0, 0.05) is 30.6 Å². The summed E-state index contributed by atoms with van der Waals surface area (Å²) >= 11 is 0. The van der Waals surface area contributed by atoms with Crippen molar-refractivity contribution in [3.63, 3.8) is 0 Å². The number of rotatable bonds is 6. The van der Waals surface area contributed by atoms with Crippen LogP contribution in [0.3, 0.4) is 0 Å². The average molecular weight is 354 g/mol. The number of nitro groups is 1. The van der Waals surface area contributed by atoms with Crippen LogP contribution in [0.2, 0.25) is 0 Å². The molecular formula is C17H15FN6O2. The molecular weight excluding hydrogens is 339 g/mol. The van der Waals surface area contributed by atoms with E-state index in [1.165, 1.54) is 6.07 Å². The van der Waals surface area contributed by atoms with Crippen LogP contribution in [0, 0.1) is 15.9 Å². The lowest BCUT2D eigenvalue weighted by Crippen LogP contribution is -2.06. The molecule has 0 bridgehead atoms. The standard InChI is InChI=1S/C17H15FN6O2/c1-2-20-17-22-14(11-4-3-7-19-10-11)9-16(23-17)21-13-6-5-12(18)8-15(13)24(25)26/h3-10H,2H2,1H3,(H2,20,21,22,23). The molecule has 8 nitrogen and oxygen atoms in total. The number of anilines is 3. The number of hydrogen-bond acceptors (Lipinski definition) is 7. The average Bonchev–Trinajstić information content (AvgIpc) is 2.64. The molecule has 0 spiro atoms. The Morgan fingerprint density at radius 1 is 1.23 bits per heavy atom. The number of nitrogens with zero attached hydrogens (tertiary/aromatic N) is 4. The second-order valence-corrected chi connectivity index (χ2v) is 5.28. The highest BCUT2D eigenvalue weighted by Crippen LogP contribution is 2.29. The van der Waals surface area contributed by atoms with E-state index in [9.17, 15) is 14.5 Å². The molecule has 0 saturated carbocycles. The SMILES string of the molecule is CCNc1nc(Nc2ccc(F)cc2[N+](=O)[O-])cc(-c2cccnc2)n1. The Kier molecular flexibility index (Phi) is 4.97. The van der Waals surface area contributed by atoms with Gasteiger partial charge in [0.25, 0.3) is 5.69 Å². The van der Waals surface area contributed by atoms with Crippen molar-refractivity contribution < 1.29 is 9.31 Å². The van der Waals surface area contributed by atoms with Gasteiger partial charge in [0.05, 0.1) is 16.7 Å². The van der Waals surface area contributed by atoms with E-state index in [-0.39, 0.29) is 11.4 Å². The number of halogens is 1. The number of aromatic nitrogens is 3. The number of pyridine rings is 1. The van der Waals surface area contributed by atoms with Gasteiger partial charge in [-0.05, 0) is 31.2 Å². The van der Waals surface area contributed by atoms with E-state index in [4.69, 9.17) is 0 Å². The molecule has 132 valence electrons. The zero-order chi connectivity index (χ0) is 18.5. The van der Waals surface area contributed by atoms with Crippen molar-refractivity contribution in [1.82, 2.24) is 15.0 Å². The Balaban J connectivity index is 2.02. The fraction of sp³-hybridized carbons (Fsp3) is 0.118. The normalized spacial score (nSPS) is 10.4.